The molecule has 0 spiro atoms. The molecule has 3 rings (SSSR count). The Hall–Kier alpha value is -3.14. The van der Waals surface area contributed by atoms with Gasteiger partial charge >= 0.3 is 5.97 Å². The molecule has 0 atom stereocenters. The van der Waals surface area contributed by atoms with Crippen molar-refractivity contribution in [2.24, 2.45) is 0 Å². The zero-order chi connectivity index (χ0) is 21.2. The molecule has 1 aromatic carbocycles. The van der Waals surface area contributed by atoms with Crippen molar-refractivity contribution in [1.82, 2.24) is 9.97 Å². The number of aromatic nitrogens is 2. The van der Waals surface area contributed by atoms with Crippen LogP contribution >= 0.6 is 11.8 Å². The number of thioether (sulfide) groups is 1. The maximum Gasteiger partial charge on any atom is 0.311 e. The maximum atomic E-state index is 13.0. The molecule has 1 aliphatic heterocycles. The van der Waals surface area contributed by atoms with Gasteiger partial charge in [0.1, 0.15) is 5.54 Å². The summed E-state index contributed by atoms with van der Waals surface area (Å²) in [4.78, 5) is 56.9. The minimum Gasteiger partial charge on any atom is -0.469 e. The molecule has 152 valence electrons. The number of esters is 1. The Morgan fingerprint density at radius 2 is 1.97 bits per heavy atom. The van der Waals surface area contributed by atoms with Crippen LogP contribution in [-0.4, -0.2) is 46.2 Å². The van der Waals surface area contributed by atoms with E-state index in [2.05, 4.69) is 20.0 Å². The van der Waals surface area contributed by atoms with Gasteiger partial charge < -0.3 is 15.0 Å². The van der Waals surface area contributed by atoms with Gasteiger partial charge in [0.2, 0.25) is 11.8 Å². The third-order valence-corrected chi connectivity index (χ3v) is 5.27. The first-order valence-electron chi connectivity index (χ1n) is 8.76. The smallest absolute Gasteiger partial charge is 0.311 e. The Balaban J connectivity index is 1.81. The molecule has 10 heteroatoms. The van der Waals surface area contributed by atoms with E-state index in [0.29, 0.717) is 11.4 Å². The predicted octanol–water partition coefficient (Wildman–Crippen LogP) is 1.34. The summed E-state index contributed by atoms with van der Waals surface area (Å²) in [5.41, 5.74) is -0.111. The summed E-state index contributed by atoms with van der Waals surface area (Å²) in [5, 5.41) is 3.01. The topological polar surface area (TPSA) is 121 Å². The molecule has 2 heterocycles. The summed E-state index contributed by atoms with van der Waals surface area (Å²) in [6.07, 6.45) is -0.144. The van der Waals surface area contributed by atoms with Crippen LogP contribution in [0.1, 0.15) is 19.5 Å². The molecule has 29 heavy (non-hydrogen) atoms. The third-order valence-electron chi connectivity index (χ3n) is 4.42. The molecular weight excluding hydrogens is 396 g/mol. The highest BCUT2D eigenvalue weighted by molar-refractivity contribution is 7.99. The first-order chi connectivity index (χ1) is 13.7. The number of carbonyl (C=O) groups excluding carboxylic acids is 3. The highest BCUT2D eigenvalue weighted by atomic mass is 32.2. The fourth-order valence-electron chi connectivity index (χ4n) is 2.96. The number of carbonyl (C=O) groups is 3. The SMILES string of the molecule is COC(=O)Cc1cc(=O)[nH]c(SCC(=O)N2c3ccccc3NC(=O)C2(C)C)n1. The number of amides is 2. The van der Waals surface area contributed by atoms with Crippen molar-refractivity contribution in [3.05, 3.63) is 46.4 Å². The molecule has 2 amide bonds. The molecule has 0 saturated heterocycles. The molecule has 1 aromatic heterocycles. The fraction of sp³-hybridized carbons (Fsp3) is 0.316. The maximum absolute atomic E-state index is 13.0. The van der Waals surface area contributed by atoms with E-state index in [9.17, 15) is 19.2 Å². The van der Waals surface area contributed by atoms with Crippen LogP contribution in [0, 0.1) is 0 Å². The van der Waals surface area contributed by atoms with E-state index in [4.69, 9.17) is 0 Å². The van der Waals surface area contributed by atoms with Gasteiger partial charge in [-0.2, -0.15) is 0 Å². The van der Waals surface area contributed by atoms with Gasteiger partial charge in [0.25, 0.3) is 5.56 Å². The number of ether oxygens (including phenoxy) is 1. The lowest BCUT2D eigenvalue weighted by Gasteiger charge is -2.42. The second kappa shape index (κ2) is 8.08. The summed E-state index contributed by atoms with van der Waals surface area (Å²) in [6, 6.07) is 8.25. The number of methoxy groups -OCH3 is 1. The zero-order valence-corrected chi connectivity index (χ0v) is 17.0. The lowest BCUT2D eigenvalue weighted by Crippen LogP contribution is -2.59. The number of fused-ring (bicyclic) bond motifs is 1. The number of benzene rings is 1. The first-order valence-corrected chi connectivity index (χ1v) is 9.74. The van der Waals surface area contributed by atoms with Crippen LogP contribution in [-0.2, 0) is 25.5 Å². The zero-order valence-electron chi connectivity index (χ0n) is 16.1. The monoisotopic (exact) mass is 416 g/mol. The van der Waals surface area contributed by atoms with E-state index < -0.39 is 17.1 Å². The number of nitrogens with zero attached hydrogens (tertiary/aromatic N) is 2. The Morgan fingerprint density at radius 1 is 1.24 bits per heavy atom. The van der Waals surface area contributed by atoms with E-state index in [1.165, 1.54) is 18.1 Å². The Morgan fingerprint density at radius 3 is 2.69 bits per heavy atom. The van der Waals surface area contributed by atoms with Gasteiger partial charge in [-0.25, -0.2) is 4.98 Å². The van der Waals surface area contributed by atoms with Crippen LogP contribution in [0.25, 0.3) is 0 Å². The minimum absolute atomic E-state index is 0.0599. The van der Waals surface area contributed by atoms with E-state index >= 15 is 0 Å². The lowest BCUT2D eigenvalue weighted by molar-refractivity contribution is -0.139. The van der Waals surface area contributed by atoms with Crippen molar-refractivity contribution in [2.45, 2.75) is 31.0 Å². The van der Waals surface area contributed by atoms with Crippen molar-refractivity contribution in [1.29, 1.82) is 0 Å². The van der Waals surface area contributed by atoms with Crippen LogP contribution in [0.15, 0.2) is 40.3 Å². The van der Waals surface area contributed by atoms with E-state index in [1.54, 1.807) is 38.1 Å². The molecule has 9 nitrogen and oxygen atoms in total. The molecule has 0 fully saturated rings. The summed E-state index contributed by atoms with van der Waals surface area (Å²) < 4.78 is 4.58. The van der Waals surface area contributed by atoms with E-state index in [1.807, 2.05) is 0 Å². The summed E-state index contributed by atoms with van der Waals surface area (Å²) in [6.45, 7) is 3.33. The molecule has 2 N–H and O–H groups in total. The second-order valence-electron chi connectivity index (χ2n) is 6.84. The number of anilines is 2. The van der Waals surface area contributed by atoms with Crippen LogP contribution < -0.4 is 15.8 Å². The van der Waals surface area contributed by atoms with Crippen molar-refractivity contribution < 1.29 is 19.1 Å². The largest absolute Gasteiger partial charge is 0.469 e. The molecule has 0 bridgehead atoms. The molecule has 1 aliphatic rings. The molecule has 0 unspecified atom stereocenters. The number of para-hydroxylation sites is 2. The van der Waals surface area contributed by atoms with Crippen LogP contribution in [0.4, 0.5) is 11.4 Å². The third kappa shape index (κ3) is 4.32. The van der Waals surface area contributed by atoms with Gasteiger partial charge in [0.15, 0.2) is 5.16 Å². The first kappa shape index (κ1) is 20.6. The van der Waals surface area contributed by atoms with E-state index in [0.717, 1.165) is 11.8 Å². The van der Waals surface area contributed by atoms with Gasteiger partial charge in [-0.15, -0.1) is 0 Å². The quantitative estimate of drug-likeness (QED) is 0.428. The number of aromatic amines is 1. The summed E-state index contributed by atoms with van der Waals surface area (Å²) in [7, 11) is 1.25. The second-order valence-corrected chi connectivity index (χ2v) is 7.81. The summed E-state index contributed by atoms with van der Waals surface area (Å²) >= 11 is 1.02. The summed E-state index contributed by atoms with van der Waals surface area (Å²) in [5.74, 6) is -1.19. The van der Waals surface area contributed by atoms with Crippen LogP contribution in [0.5, 0.6) is 0 Å². The highest BCUT2D eigenvalue weighted by Crippen LogP contribution is 2.37. The predicted molar refractivity (Wildman–Crippen MR) is 108 cm³/mol. The highest BCUT2D eigenvalue weighted by Gasteiger charge is 2.43. The van der Waals surface area contributed by atoms with Gasteiger partial charge in [0, 0.05) is 6.07 Å². The van der Waals surface area contributed by atoms with Gasteiger partial charge in [-0.05, 0) is 26.0 Å². The van der Waals surface area contributed by atoms with Crippen molar-refractivity contribution >= 4 is 40.9 Å². The number of nitrogens with one attached hydrogen (secondary N) is 2. The van der Waals surface area contributed by atoms with Crippen molar-refractivity contribution in [3.8, 4) is 0 Å². The number of H-pyrrole nitrogens is 1. The Bertz CT molecular complexity index is 1030. The van der Waals surface area contributed by atoms with Crippen molar-refractivity contribution in [2.75, 3.05) is 23.1 Å². The van der Waals surface area contributed by atoms with Gasteiger partial charge in [0.05, 0.1) is 36.4 Å². The van der Waals surface area contributed by atoms with E-state index in [-0.39, 0.29) is 34.8 Å². The number of hydrogen-bond acceptors (Lipinski definition) is 7. The fourth-order valence-corrected chi connectivity index (χ4v) is 3.70. The standard InChI is InChI=1S/C19H20N4O5S/c1-19(2)17(27)21-12-6-4-5-7-13(12)23(19)15(25)10-29-18-20-11(8-14(24)22-18)9-16(26)28-3/h4-8H,9-10H2,1-3H3,(H,21,27)(H,20,22,24). The number of rotatable bonds is 5. The minimum atomic E-state index is -1.08. The lowest BCUT2D eigenvalue weighted by atomic mass is 9.96. The average Bonchev–Trinajstić information content (AvgIpc) is 2.66. The van der Waals surface area contributed by atoms with Gasteiger partial charge in [-0.1, -0.05) is 23.9 Å². The van der Waals surface area contributed by atoms with Gasteiger partial charge in [-0.3, -0.25) is 24.1 Å². The van der Waals surface area contributed by atoms with Crippen LogP contribution in [0.3, 0.4) is 0 Å². The molecule has 2 aromatic rings. The van der Waals surface area contributed by atoms with Crippen molar-refractivity contribution in [3.63, 3.8) is 0 Å². The molecular formula is C19H20N4O5S. The number of hydrogen-bond donors (Lipinski definition) is 2. The Labute approximate surface area is 170 Å². The van der Waals surface area contributed by atoms with Crippen LogP contribution in [0.2, 0.25) is 0 Å². The molecule has 0 aliphatic carbocycles. The normalized spacial score (nSPS) is 14.7. The Kier molecular flexibility index (Phi) is 5.73. The molecule has 0 radical (unpaired) electrons. The average molecular weight is 416 g/mol. The molecule has 0 saturated carbocycles.